The molecule has 1 unspecified atom stereocenters. The van der Waals surface area contributed by atoms with Crippen molar-refractivity contribution in [2.45, 2.75) is 52.4 Å². The van der Waals surface area contributed by atoms with Gasteiger partial charge in [-0.05, 0) is 34.2 Å². The quantitative estimate of drug-likeness (QED) is 0.631. The van der Waals surface area contributed by atoms with Gasteiger partial charge in [0, 0.05) is 11.1 Å². The maximum absolute atomic E-state index is 9.00. The predicted molar refractivity (Wildman–Crippen MR) is 107 cm³/mol. The van der Waals surface area contributed by atoms with Crippen LogP contribution < -0.4 is 21.2 Å². The Morgan fingerprint density at radius 1 is 0.846 bits per heavy atom. The Hall–Kier alpha value is -0.540. The Morgan fingerprint density at radius 2 is 1.12 bits per heavy atom. The summed E-state index contributed by atoms with van der Waals surface area (Å²) in [5.41, 5.74) is 3.43. The summed E-state index contributed by atoms with van der Waals surface area (Å²) in [6, 6.07) is 18.0. The van der Waals surface area contributed by atoms with Gasteiger partial charge in [0.05, 0.1) is 9.05 Å². The van der Waals surface area contributed by atoms with E-state index in [1.807, 2.05) is 0 Å². The molecule has 0 radical (unpaired) electrons. The number of benzene rings is 2. The lowest BCUT2D eigenvalue weighted by molar-refractivity contribution is -0.599. The molecule has 0 aliphatic heterocycles. The largest absolute Gasteiger partial charge is 0.748 e. The minimum Gasteiger partial charge on any atom is -0.748 e. The van der Waals surface area contributed by atoms with E-state index in [-0.39, 0.29) is 32.0 Å². The molecule has 0 aromatic heterocycles. The topological polar surface area (TPSA) is 60.4 Å². The Morgan fingerprint density at radius 3 is 1.38 bits per heavy atom. The molecule has 3 nitrogen and oxygen atoms in total. The maximum Gasteiger partial charge on any atom is 0.358 e. The first-order valence-corrected chi connectivity index (χ1v) is 12.7. The SMILES string of the molecule is CC(C)(C)c1ccccc1[I+]c1ccccc1C(C)(C)C.O=S([O-])(O)=S. The number of halogens is 1. The van der Waals surface area contributed by atoms with Gasteiger partial charge in [0.1, 0.15) is 0 Å². The van der Waals surface area contributed by atoms with Crippen LogP contribution in [0, 0.1) is 7.14 Å². The zero-order valence-electron chi connectivity index (χ0n) is 16.1. The van der Waals surface area contributed by atoms with E-state index >= 15 is 0 Å². The van der Waals surface area contributed by atoms with Gasteiger partial charge in [-0.15, -0.1) is 0 Å². The van der Waals surface area contributed by atoms with Gasteiger partial charge in [-0.25, -0.2) is 4.21 Å². The van der Waals surface area contributed by atoms with Crippen molar-refractivity contribution < 1.29 is 34.5 Å². The lowest BCUT2D eigenvalue weighted by atomic mass is 9.87. The third kappa shape index (κ3) is 8.43. The van der Waals surface area contributed by atoms with Gasteiger partial charge in [0.25, 0.3) is 0 Å². The Labute approximate surface area is 173 Å². The summed E-state index contributed by atoms with van der Waals surface area (Å²) in [4.78, 5) is 0. The minimum absolute atomic E-state index is 0.147. The van der Waals surface area contributed by atoms with E-state index < -0.39 is 9.05 Å². The lowest BCUT2D eigenvalue weighted by Gasteiger charge is -2.20. The third-order valence-electron chi connectivity index (χ3n) is 3.57. The highest BCUT2D eigenvalue weighted by Gasteiger charge is 2.30. The zero-order chi connectivity index (χ0) is 20.2. The molecule has 0 bridgehead atoms. The lowest BCUT2D eigenvalue weighted by Crippen LogP contribution is -3.62. The molecule has 0 spiro atoms. The van der Waals surface area contributed by atoms with Crippen LogP contribution in [0.5, 0.6) is 0 Å². The molecule has 6 heteroatoms. The highest BCUT2D eigenvalue weighted by molar-refractivity contribution is 8.26. The summed E-state index contributed by atoms with van der Waals surface area (Å²) < 4.78 is 28.4. The van der Waals surface area contributed by atoms with E-state index in [4.69, 9.17) is 13.3 Å². The molecular weight excluding hydrogens is 479 g/mol. The molecule has 0 aliphatic carbocycles. The molecule has 2 aromatic rings. The van der Waals surface area contributed by atoms with Crippen LogP contribution in [0.15, 0.2) is 48.5 Å². The molecule has 26 heavy (non-hydrogen) atoms. The van der Waals surface area contributed by atoms with E-state index in [2.05, 4.69) is 101 Å². The van der Waals surface area contributed by atoms with Crippen molar-refractivity contribution in [3.05, 3.63) is 66.8 Å². The van der Waals surface area contributed by atoms with Gasteiger partial charge >= 0.3 is 21.2 Å². The molecule has 0 amide bonds. The van der Waals surface area contributed by atoms with Crippen molar-refractivity contribution in [2.24, 2.45) is 0 Å². The molecule has 144 valence electrons. The number of hydrogen-bond donors (Lipinski definition) is 1. The average molecular weight is 506 g/mol. The first-order chi connectivity index (χ1) is 11.7. The molecule has 0 saturated heterocycles. The summed E-state index contributed by atoms with van der Waals surface area (Å²) >= 11 is 3.21. The Kier molecular flexibility index (Phi) is 8.23. The second kappa shape index (κ2) is 9.10. The predicted octanol–water partition coefficient (Wildman–Crippen LogP) is 1.75. The Balaban J connectivity index is 0.000000597. The van der Waals surface area contributed by atoms with E-state index in [1.54, 1.807) is 7.14 Å². The van der Waals surface area contributed by atoms with Gasteiger partial charge in [-0.1, -0.05) is 77.9 Å². The van der Waals surface area contributed by atoms with Crippen molar-refractivity contribution in [1.29, 1.82) is 0 Å². The average Bonchev–Trinajstić information content (AvgIpc) is 2.44. The van der Waals surface area contributed by atoms with Crippen molar-refractivity contribution >= 4 is 20.2 Å². The zero-order valence-corrected chi connectivity index (χ0v) is 19.9. The summed E-state index contributed by atoms with van der Waals surface area (Å²) in [7, 11) is -4.08. The van der Waals surface area contributed by atoms with Crippen molar-refractivity contribution in [3.8, 4) is 0 Å². The van der Waals surface area contributed by atoms with E-state index in [0.717, 1.165) is 0 Å². The van der Waals surface area contributed by atoms with Crippen molar-refractivity contribution in [3.63, 3.8) is 0 Å². The summed E-state index contributed by atoms with van der Waals surface area (Å²) in [5.74, 6) is 0. The van der Waals surface area contributed by atoms with Crippen LogP contribution in [-0.2, 0) is 31.1 Å². The summed E-state index contributed by atoms with van der Waals surface area (Å²) in [5, 5.41) is 0. The molecule has 0 saturated carbocycles. The van der Waals surface area contributed by atoms with E-state index in [9.17, 15) is 0 Å². The Bertz CT molecular complexity index is 769. The molecule has 1 atom stereocenters. The second-order valence-corrected chi connectivity index (χ2v) is 13.0. The van der Waals surface area contributed by atoms with Crippen LogP contribution in [0.2, 0.25) is 0 Å². The number of hydrogen-bond acceptors (Lipinski definition) is 3. The third-order valence-corrected chi connectivity index (χ3v) is 6.61. The molecule has 2 aromatic carbocycles. The molecule has 0 heterocycles. The fourth-order valence-electron chi connectivity index (χ4n) is 2.41. The van der Waals surface area contributed by atoms with Crippen LogP contribution in [0.1, 0.15) is 52.7 Å². The molecule has 0 fully saturated rings. The second-order valence-electron chi connectivity index (χ2n) is 7.98. The van der Waals surface area contributed by atoms with Gasteiger partial charge in [0.15, 0.2) is 7.14 Å². The summed E-state index contributed by atoms with van der Waals surface area (Å²) in [6.07, 6.45) is 0. The maximum atomic E-state index is 9.00. The van der Waals surface area contributed by atoms with Crippen molar-refractivity contribution in [2.75, 3.05) is 0 Å². The normalized spacial score (nSPS) is 14.2. The standard InChI is InChI=1S/C20H26I.H2O3S2/c1-19(2,3)15-11-7-9-13-17(15)21-18-14-10-8-12-16(18)20(4,5)6;1-5(2,3)4/h7-14H,1-6H3;(H2,1,2,3,4)/q+1;/p-1. The highest BCUT2D eigenvalue weighted by Crippen LogP contribution is 2.23. The monoisotopic (exact) mass is 506 g/mol. The van der Waals surface area contributed by atoms with E-state index in [0.29, 0.717) is 0 Å². The van der Waals surface area contributed by atoms with Crippen LogP contribution in [0.3, 0.4) is 0 Å². The fraction of sp³-hybridized carbons (Fsp3) is 0.400. The molecule has 2 rings (SSSR count). The van der Waals surface area contributed by atoms with Crippen LogP contribution in [0.25, 0.3) is 0 Å². The summed E-state index contributed by atoms with van der Waals surface area (Å²) in [6.45, 7) is 13.9. The van der Waals surface area contributed by atoms with Gasteiger partial charge < -0.3 is 9.11 Å². The van der Waals surface area contributed by atoms with Crippen LogP contribution >= 0.6 is 0 Å². The minimum atomic E-state index is -4.08. The van der Waals surface area contributed by atoms with Gasteiger partial charge in [0.2, 0.25) is 0 Å². The first kappa shape index (κ1) is 23.5. The molecular formula is C20H27IO3S2. The van der Waals surface area contributed by atoms with Crippen LogP contribution in [0.4, 0.5) is 0 Å². The van der Waals surface area contributed by atoms with E-state index in [1.165, 1.54) is 11.1 Å². The highest BCUT2D eigenvalue weighted by atomic mass is 127. The van der Waals surface area contributed by atoms with Gasteiger partial charge in [-0.3, -0.25) is 0 Å². The number of rotatable bonds is 2. The fourth-order valence-corrected chi connectivity index (χ4v) is 6.37. The molecule has 1 N–H and O–H groups in total. The first-order valence-electron chi connectivity index (χ1n) is 8.22. The van der Waals surface area contributed by atoms with Crippen LogP contribution in [-0.4, -0.2) is 13.3 Å². The smallest absolute Gasteiger partial charge is 0.358 e. The van der Waals surface area contributed by atoms with Crippen molar-refractivity contribution in [1.82, 2.24) is 0 Å². The van der Waals surface area contributed by atoms with Gasteiger partial charge in [-0.2, -0.15) is 0 Å². The molecule has 0 aliphatic rings.